The molecule has 1 saturated heterocycles. The molecule has 15 heteroatoms. The number of hydrogen-bond acceptors (Lipinski definition) is 7. The molecule has 3 N–H and O–H groups in total. The number of rotatable bonds is 9. The van der Waals surface area contributed by atoms with Crippen LogP contribution in [0.25, 0.3) is 11.3 Å². The molecule has 2 aliphatic rings. The predicted octanol–water partition coefficient (Wildman–Crippen LogP) is 9.30. The first-order valence-corrected chi connectivity index (χ1v) is 24.3. The Kier molecular flexibility index (Phi) is 11.5. The molecule has 1 fully saturated rings. The molecule has 1 aromatic carbocycles. The third-order valence-electron chi connectivity index (χ3n) is 11.7. The van der Waals surface area contributed by atoms with E-state index >= 15 is 0 Å². The highest BCUT2D eigenvalue weighted by Crippen LogP contribution is 2.48. The number of nitrogens with one attached hydrogen (secondary N) is 2. The minimum Gasteiger partial charge on any atom is -0.465 e. The van der Waals surface area contributed by atoms with E-state index in [4.69, 9.17) is 13.8 Å². The van der Waals surface area contributed by atoms with Crippen molar-refractivity contribution in [2.45, 2.75) is 116 Å². The minimum absolute atomic E-state index is 0.0454. The zero-order chi connectivity index (χ0) is 40.1. The maximum absolute atomic E-state index is 14.9. The zero-order valence-electron chi connectivity index (χ0n) is 33.2. The van der Waals surface area contributed by atoms with Gasteiger partial charge >= 0.3 is 6.09 Å². The molecule has 294 valence electrons. The van der Waals surface area contributed by atoms with Gasteiger partial charge in [-0.1, -0.05) is 54.5 Å². The number of fused-ring (bicyclic) bond motifs is 1. The molecule has 3 heterocycles. The molecular weight excluding hydrogens is 732 g/mol. The van der Waals surface area contributed by atoms with Crippen LogP contribution >= 0.6 is 0 Å². The van der Waals surface area contributed by atoms with Crippen molar-refractivity contribution in [1.82, 2.24) is 15.3 Å². The summed E-state index contributed by atoms with van der Waals surface area (Å²) < 4.78 is 58.0. The number of pyridine rings is 2. The standard InChI is InChI=1S/C39H54F3N5O5Si2/c1-22-20-47(21-29(46-37(49)50)35(22)52-54(10,11)39(5,6)7)34-23-15-18-30(51-53(8,9)38(2,3)4)32(23)43-19-28(34)45-36(48)27-17-16-26(42)33(44-27)31-24(40)13-12-14-25(31)41/h12-14,16-17,19,22,29-30,35,46H,15,18,20-21H2,1-11H3,(H,45,48)(H,49,50)/t22-,29+,30+,35+/m0/s1. The number of piperidine rings is 1. The Morgan fingerprint density at radius 2 is 1.52 bits per heavy atom. The van der Waals surface area contributed by atoms with E-state index < -0.39 is 69.5 Å². The van der Waals surface area contributed by atoms with Gasteiger partial charge < -0.3 is 29.5 Å². The molecule has 0 spiro atoms. The Morgan fingerprint density at radius 3 is 2.11 bits per heavy atom. The van der Waals surface area contributed by atoms with E-state index in [0.29, 0.717) is 30.8 Å². The van der Waals surface area contributed by atoms with E-state index in [0.717, 1.165) is 41.6 Å². The fourth-order valence-corrected chi connectivity index (χ4v) is 9.42. The smallest absolute Gasteiger partial charge is 0.405 e. The van der Waals surface area contributed by atoms with Gasteiger partial charge in [0.05, 0.1) is 47.1 Å². The zero-order valence-corrected chi connectivity index (χ0v) is 35.2. The summed E-state index contributed by atoms with van der Waals surface area (Å²) in [5, 5.41) is 15.4. The third kappa shape index (κ3) is 8.38. The van der Waals surface area contributed by atoms with Crippen LogP contribution in [0.3, 0.4) is 0 Å². The average Bonchev–Trinajstić information content (AvgIpc) is 3.43. The molecular formula is C39H54F3N5O5Si2. The second-order valence-corrected chi connectivity index (χ2v) is 27.2. The number of carboxylic acid groups (broad SMARTS) is 1. The van der Waals surface area contributed by atoms with Gasteiger partial charge in [0.2, 0.25) is 0 Å². The lowest BCUT2D eigenvalue weighted by Crippen LogP contribution is -2.62. The summed E-state index contributed by atoms with van der Waals surface area (Å²) in [5.41, 5.74) is 1.08. The Labute approximate surface area is 318 Å². The Hall–Kier alpha value is -3.80. The molecule has 0 radical (unpaired) electrons. The summed E-state index contributed by atoms with van der Waals surface area (Å²) in [6.45, 7) is 24.4. The second kappa shape index (κ2) is 15.0. The molecule has 0 saturated carbocycles. The van der Waals surface area contributed by atoms with Gasteiger partial charge in [0.15, 0.2) is 16.6 Å². The third-order valence-corrected chi connectivity index (χ3v) is 20.6. The van der Waals surface area contributed by atoms with Crippen molar-refractivity contribution >= 4 is 40.0 Å². The molecule has 0 unspecified atom stereocenters. The number of aromatic nitrogens is 2. The van der Waals surface area contributed by atoms with Gasteiger partial charge in [-0.15, -0.1) is 0 Å². The molecule has 10 nitrogen and oxygen atoms in total. The highest BCUT2D eigenvalue weighted by molar-refractivity contribution is 6.74. The lowest BCUT2D eigenvalue weighted by molar-refractivity contribution is 0.0721. The number of nitrogens with zero attached hydrogens (tertiary/aromatic N) is 3. The number of anilines is 2. The largest absolute Gasteiger partial charge is 0.465 e. The van der Waals surface area contributed by atoms with Crippen LogP contribution in [0.5, 0.6) is 0 Å². The van der Waals surface area contributed by atoms with Crippen LogP contribution in [-0.4, -0.2) is 68.9 Å². The van der Waals surface area contributed by atoms with Gasteiger partial charge in [0, 0.05) is 24.6 Å². The first-order valence-electron chi connectivity index (χ1n) is 18.5. The monoisotopic (exact) mass is 785 g/mol. The molecule has 2 aromatic heterocycles. The Morgan fingerprint density at radius 1 is 0.907 bits per heavy atom. The summed E-state index contributed by atoms with van der Waals surface area (Å²) in [6.07, 6.45) is 0.986. The molecule has 1 aliphatic heterocycles. The number of hydrogen-bond donors (Lipinski definition) is 3. The molecule has 1 aliphatic carbocycles. The first kappa shape index (κ1) is 41.4. The summed E-state index contributed by atoms with van der Waals surface area (Å²) in [6, 6.07) is 4.63. The second-order valence-electron chi connectivity index (χ2n) is 17.6. The van der Waals surface area contributed by atoms with E-state index in [1.807, 2.05) is 6.92 Å². The predicted molar refractivity (Wildman–Crippen MR) is 209 cm³/mol. The fourth-order valence-electron chi connectivity index (χ4n) is 6.70. The van der Waals surface area contributed by atoms with Crippen LogP contribution in [0, 0.1) is 23.4 Å². The van der Waals surface area contributed by atoms with Crippen LogP contribution in [0.1, 0.15) is 82.7 Å². The van der Waals surface area contributed by atoms with Crippen molar-refractivity contribution in [2.75, 3.05) is 23.3 Å². The molecule has 0 bridgehead atoms. The molecule has 5 rings (SSSR count). The summed E-state index contributed by atoms with van der Waals surface area (Å²) >= 11 is 0. The van der Waals surface area contributed by atoms with Crippen molar-refractivity contribution < 1.29 is 36.7 Å². The van der Waals surface area contributed by atoms with Gasteiger partial charge in [-0.2, -0.15) is 0 Å². The topological polar surface area (TPSA) is 126 Å². The fraction of sp³-hybridized carbons (Fsp3) is 0.538. The van der Waals surface area contributed by atoms with Crippen molar-refractivity contribution in [3.05, 3.63) is 70.9 Å². The van der Waals surface area contributed by atoms with Crippen LogP contribution in [-0.2, 0) is 15.3 Å². The quantitative estimate of drug-likeness (QED) is 0.183. The number of halogens is 3. The lowest BCUT2D eigenvalue weighted by atomic mass is 9.91. The Balaban J connectivity index is 1.57. The number of amides is 2. The molecule has 2 amide bonds. The van der Waals surface area contributed by atoms with Crippen molar-refractivity contribution in [3.63, 3.8) is 0 Å². The summed E-state index contributed by atoms with van der Waals surface area (Å²) in [5.74, 6) is -3.89. The molecule has 3 aromatic rings. The summed E-state index contributed by atoms with van der Waals surface area (Å²) in [4.78, 5) is 37.1. The molecule has 54 heavy (non-hydrogen) atoms. The van der Waals surface area contributed by atoms with E-state index in [2.05, 4.69) is 88.2 Å². The van der Waals surface area contributed by atoms with Crippen molar-refractivity contribution in [3.8, 4) is 11.3 Å². The lowest BCUT2D eigenvalue weighted by Gasteiger charge is -2.48. The normalized spacial score (nSPS) is 20.8. The van der Waals surface area contributed by atoms with Crippen LogP contribution in [0.2, 0.25) is 36.3 Å². The van der Waals surface area contributed by atoms with Gasteiger partial charge in [-0.05, 0) is 73.4 Å². The number of benzene rings is 1. The van der Waals surface area contributed by atoms with Crippen LogP contribution < -0.4 is 15.5 Å². The maximum atomic E-state index is 14.9. The van der Waals surface area contributed by atoms with Crippen molar-refractivity contribution in [1.29, 1.82) is 0 Å². The van der Waals surface area contributed by atoms with Gasteiger partial charge in [0.1, 0.15) is 28.8 Å². The highest BCUT2D eigenvalue weighted by Gasteiger charge is 2.47. The maximum Gasteiger partial charge on any atom is 0.405 e. The SMILES string of the molecule is C[C@H]1CN(c2c(NC(=O)c3ccc(F)c(-c4c(F)cccc4F)n3)cnc3c2CC[C@H]3O[Si](C)(C)C(C)(C)C)C[C@@H](NC(=O)O)[C@@H]1O[Si](C)(C)C(C)(C)C. The van der Waals surface area contributed by atoms with Gasteiger partial charge in [-0.25, -0.2) is 22.9 Å². The Bertz CT molecular complexity index is 1900. The van der Waals surface area contributed by atoms with E-state index in [9.17, 15) is 27.9 Å². The first-order chi connectivity index (χ1) is 24.9. The van der Waals surface area contributed by atoms with E-state index in [-0.39, 0.29) is 34.3 Å². The minimum atomic E-state index is -2.32. The van der Waals surface area contributed by atoms with Crippen LogP contribution in [0.15, 0.2) is 36.5 Å². The number of carbonyl (C=O) groups excluding carboxylic acids is 1. The van der Waals surface area contributed by atoms with Gasteiger partial charge in [-0.3, -0.25) is 9.78 Å². The summed E-state index contributed by atoms with van der Waals surface area (Å²) in [7, 11) is -4.53. The van der Waals surface area contributed by atoms with Crippen LogP contribution in [0.4, 0.5) is 29.3 Å². The van der Waals surface area contributed by atoms with E-state index in [1.54, 1.807) is 6.20 Å². The number of carbonyl (C=O) groups is 2. The average molecular weight is 786 g/mol. The molecule has 4 atom stereocenters. The van der Waals surface area contributed by atoms with Gasteiger partial charge in [0.25, 0.3) is 5.91 Å². The van der Waals surface area contributed by atoms with Crippen molar-refractivity contribution in [2.24, 2.45) is 5.92 Å². The highest BCUT2D eigenvalue weighted by atomic mass is 28.4. The van der Waals surface area contributed by atoms with E-state index in [1.165, 1.54) is 0 Å².